The molecule has 0 saturated carbocycles. The number of hydrogen-bond donors (Lipinski definition) is 1. The molecule has 21 heavy (non-hydrogen) atoms. The van der Waals surface area contributed by atoms with Gasteiger partial charge in [0, 0.05) is 26.0 Å². The minimum absolute atomic E-state index is 0.0232. The lowest BCUT2D eigenvalue weighted by Crippen LogP contribution is -2.28. The Labute approximate surface area is 124 Å². The van der Waals surface area contributed by atoms with Crippen LogP contribution in [0.25, 0.3) is 0 Å². The van der Waals surface area contributed by atoms with E-state index in [1.54, 1.807) is 32.6 Å². The van der Waals surface area contributed by atoms with E-state index in [-0.39, 0.29) is 5.09 Å². The molecule has 0 radical (unpaired) electrons. The summed E-state index contributed by atoms with van der Waals surface area (Å²) in [7, 11) is -0.256. The van der Waals surface area contributed by atoms with Crippen LogP contribution in [0, 0.1) is 0 Å². The minimum Gasteiger partial charge on any atom is -0.447 e. The van der Waals surface area contributed by atoms with Gasteiger partial charge in [-0.15, -0.1) is 0 Å². The third-order valence-corrected chi connectivity index (χ3v) is 4.85. The molecule has 2 aromatic rings. The molecule has 2 heterocycles. The van der Waals surface area contributed by atoms with Crippen LogP contribution in [0.15, 0.2) is 46.2 Å². The molecule has 1 N–H and O–H groups in total. The van der Waals surface area contributed by atoms with Crippen LogP contribution in [0.1, 0.15) is 11.3 Å². The maximum Gasteiger partial charge on any atom is 0.276 e. The van der Waals surface area contributed by atoms with E-state index in [2.05, 4.69) is 10.3 Å². The van der Waals surface area contributed by atoms with E-state index < -0.39 is 10.0 Å². The Balaban J connectivity index is 2.04. The summed E-state index contributed by atoms with van der Waals surface area (Å²) in [5.74, 6) is 0.596. The van der Waals surface area contributed by atoms with Crippen LogP contribution in [0.2, 0.25) is 0 Å². The van der Waals surface area contributed by atoms with Gasteiger partial charge in [0.2, 0.25) is 5.09 Å². The van der Waals surface area contributed by atoms with Crippen molar-refractivity contribution in [2.24, 2.45) is 0 Å². The van der Waals surface area contributed by atoms with Crippen LogP contribution in [0.5, 0.6) is 0 Å². The van der Waals surface area contributed by atoms with Gasteiger partial charge in [-0.1, -0.05) is 0 Å². The summed E-state index contributed by atoms with van der Waals surface area (Å²) in [5, 5.41) is 2.89. The lowest BCUT2D eigenvalue weighted by atomic mass is 10.2. The van der Waals surface area contributed by atoms with Crippen molar-refractivity contribution in [1.29, 1.82) is 0 Å². The first-order valence-corrected chi connectivity index (χ1v) is 8.06. The average molecular weight is 309 g/mol. The van der Waals surface area contributed by atoms with Gasteiger partial charge in [0.1, 0.15) is 5.76 Å². The molecule has 6 nitrogen and oxygen atoms in total. The van der Waals surface area contributed by atoms with Gasteiger partial charge >= 0.3 is 0 Å². The second kappa shape index (κ2) is 6.84. The van der Waals surface area contributed by atoms with Crippen molar-refractivity contribution in [2.75, 3.05) is 20.6 Å². The van der Waals surface area contributed by atoms with Crippen molar-refractivity contribution in [3.63, 3.8) is 0 Å². The van der Waals surface area contributed by atoms with Crippen molar-refractivity contribution in [1.82, 2.24) is 14.6 Å². The number of nitrogens with one attached hydrogen (secondary N) is 1. The fourth-order valence-electron chi connectivity index (χ4n) is 1.88. The standard InChI is InChI=1S/C14H19N3O3S/c1-15-11-13-3-4-14(20-13)21(18,19)17(2)10-7-12-5-8-16-9-6-12/h3-6,8-9,15H,7,10-11H2,1-2H3. The highest BCUT2D eigenvalue weighted by molar-refractivity contribution is 7.89. The predicted octanol–water partition coefficient (Wildman–Crippen LogP) is 1.26. The average Bonchev–Trinajstić information content (AvgIpc) is 2.95. The molecule has 0 aliphatic heterocycles. The van der Waals surface area contributed by atoms with E-state index in [4.69, 9.17) is 4.42 Å². The number of likely N-dealkylation sites (N-methyl/N-ethyl adjacent to an activating group) is 1. The third kappa shape index (κ3) is 3.90. The van der Waals surface area contributed by atoms with Gasteiger partial charge in [0.25, 0.3) is 10.0 Å². The molecule has 0 aliphatic rings. The van der Waals surface area contributed by atoms with E-state index in [9.17, 15) is 8.42 Å². The number of pyridine rings is 1. The first-order chi connectivity index (χ1) is 10.0. The van der Waals surface area contributed by atoms with Gasteiger partial charge in [-0.25, -0.2) is 8.42 Å². The number of nitrogens with zero attached hydrogens (tertiary/aromatic N) is 2. The Morgan fingerprint density at radius 2 is 1.95 bits per heavy atom. The maximum absolute atomic E-state index is 12.4. The largest absolute Gasteiger partial charge is 0.447 e. The predicted molar refractivity (Wildman–Crippen MR) is 79.2 cm³/mol. The van der Waals surface area contributed by atoms with Crippen molar-refractivity contribution >= 4 is 10.0 Å². The topological polar surface area (TPSA) is 75.4 Å². The summed E-state index contributed by atoms with van der Waals surface area (Å²) >= 11 is 0. The molecule has 0 saturated heterocycles. The molecule has 0 aromatic carbocycles. The zero-order chi connectivity index (χ0) is 15.3. The Kier molecular flexibility index (Phi) is 5.11. The van der Waals surface area contributed by atoms with E-state index >= 15 is 0 Å². The Morgan fingerprint density at radius 1 is 1.24 bits per heavy atom. The SMILES string of the molecule is CNCc1ccc(S(=O)(=O)N(C)CCc2ccncc2)o1. The van der Waals surface area contributed by atoms with Gasteiger partial charge in [-0.05, 0) is 43.3 Å². The molecular weight excluding hydrogens is 290 g/mol. The first-order valence-electron chi connectivity index (χ1n) is 6.62. The molecule has 2 rings (SSSR count). The second-order valence-electron chi connectivity index (χ2n) is 4.68. The Hall–Kier alpha value is -1.70. The smallest absolute Gasteiger partial charge is 0.276 e. The normalized spacial score (nSPS) is 12.0. The number of sulfonamides is 1. The molecule has 0 aliphatic carbocycles. The van der Waals surface area contributed by atoms with Gasteiger partial charge < -0.3 is 9.73 Å². The fraction of sp³-hybridized carbons (Fsp3) is 0.357. The quantitative estimate of drug-likeness (QED) is 0.833. The molecule has 7 heteroatoms. The molecule has 0 atom stereocenters. The molecular formula is C14H19N3O3S. The highest BCUT2D eigenvalue weighted by Crippen LogP contribution is 2.18. The van der Waals surface area contributed by atoms with Crippen molar-refractivity contribution < 1.29 is 12.8 Å². The van der Waals surface area contributed by atoms with Gasteiger partial charge in [0.15, 0.2) is 0 Å². The lowest BCUT2D eigenvalue weighted by molar-refractivity contribution is 0.384. The van der Waals surface area contributed by atoms with Crippen LogP contribution in [0.4, 0.5) is 0 Å². The number of hydrogen-bond acceptors (Lipinski definition) is 5. The van der Waals surface area contributed by atoms with E-state index in [0.717, 1.165) is 5.56 Å². The monoisotopic (exact) mass is 309 g/mol. The van der Waals surface area contributed by atoms with Crippen LogP contribution >= 0.6 is 0 Å². The van der Waals surface area contributed by atoms with Crippen molar-refractivity contribution in [2.45, 2.75) is 18.1 Å². The van der Waals surface area contributed by atoms with E-state index in [1.165, 1.54) is 10.4 Å². The highest BCUT2D eigenvalue weighted by atomic mass is 32.2. The van der Waals surface area contributed by atoms with Crippen LogP contribution < -0.4 is 5.32 Å². The molecule has 0 bridgehead atoms. The molecule has 2 aromatic heterocycles. The van der Waals surface area contributed by atoms with E-state index in [1.807, 2.05) is 12.1 Å². The van der Waals surface area contributed by atoms with Gasteiger partial charge in [0.05, 0.1) is 6.54 Å². The minimum atomic E-state index is -3.58. The van der Waals surface area contributed by atoms with Gasteiger partial charge in [-0.3, -0.25) is 4.98 Å². The second-order valence-corrected chi connectivity index (χ2v) is 6.66. The number of rotatable bonds is 7. The van der Waals surface area contributed by atoms with Crippen LogP contribution in [-0.4, -0.2) is 38.3 Å². The summed E-state index contributed by atoms with van der Waals surface area (Å²) in [4.78, 5) is 3.94. The van der Waals surface area contributed by atoms with Crippen LogP contribution in [-0.2, 0) is 23.0 Å². The zero-order valence-corrected chi connectivity index (χ0v) is 12.9. The number of furan rings is 1. The third-order valence-electron chi connectivity index (χ3n) is 3.12. The molecule has 114 valence electrons. The van der Waals surface area contributed by atoms with Gasteiger partial charge in [-0.2, -0.15) is 4.31 Å². The fourth-order valence-corrected chi connectivity index (χ4v) is 2.97. The summed E-state index contributed by atoms with van der Waals surface area (Å²) < 4.78 is 31.4. The summed E-state index contributed by atoms with van der Waals surface area (Å²) in [6.45, 7) is 0.880. The molecule has 0 fully saturated rings. The number of aromatic nitrogens is 1. The van der Waals surface area contributed by atoms with Crippen LogP contribution in [0.3, 0.4) is 0 Å². The van der Waals surface area contributed by atoms with Crippen molar-refractivity contribution in [3.8, 4) is 0 Å². The Bertz CT molecular complexity index is 668. The highest BCUT2D eigenvalue weighted by Gasteiger charge is 2.24. The molecule has 0 unspecified atom stereocenters. The Morgan fingerprint density at radius 3 is 2.62 bits per heavy atom. The summed E-state index contributed by atoms with van der Waals surface area (Å²) in [5.41, 5.74) is 1.04. The van der Waals surface area contributed by atoms with Crippen molar-refractivity contribution in [3.05, 3.63) is 48.0 Å². The molecule has 0 amide bonds. The lowest BCUT2D eigenvalue weighted by Gasteiger charge is -2.15. The van der Waals surface area contributed by atoms with E-state index in [0.29, 0.717) is 25.3 Å². The maximum atomic E-state index is 12.4. The molecule has 0 spiro atoms. The first kappa shape index (κ1) is 15.7. The zero-order valence-electron chi connectivity index (χ0n) is 12.1. The summed E-state index contributed by atoms with van der Waals surface area (Å²) in [6.07, 6.45) is 4.02. The summed E-state index contributed by atoms with van der Waals surface area (Å²) in [6, 6.07) is 6.90.